The van der Waals surface area contributed by atoms with E-state index in [1.807, 2.05) is 0 Å². The first-order chi connectivity index (χ1) is 27.9. The summed E-state index contributed by atoms with van der Waals surface area (Å²) in [6.45, 7) is 12.9. The predicted octanol–water partition coefficient (Wildman–Crippen LogP) is 7.28. The lowest BCUT2D eigenvalue weighted by Crippen LogP contribution is -2.60. The van der Waals surface area contributed by atoms with E-state index in [-0.39, 0.29) is 57.9 Å². The van der Waals surface area contributed by atoms with Gasteiger partial charge in [-0.2, -0.15) is 9.68 Å². The second kappa shape index (κ2) is 14.8. The fourth-order valence-corrected chi connectivity index (χ4v) is 16.1. The molecule has 0 aromatic heterocycles. The van der Waals surface area contributed by atoms with Gasteiger partial charge in [-0.3, -0.25) is 9.59 Å². The van der Waals surface area contributed by atoms with Crippen LogP contribution < -0.4 is 10.6 Å². The number of Topliss-reactive ketones (excluding diaryl/α,β-unsaturated/α-hetero) is 2. The molecule has 4 unspecified atom stereocenters. The molecule has 0 spiro atoms. The van der Waals surface area contributed by atoms with E-state index < -0.39 is 0 Å². The predicted molar refractivity (Wildman–Crippen MR) is 217 cm³/mol. The molecular weight excluding hydrogens is 735 g/mol. The molecule has 10 aliphatic rings. The highest BCUT2D eigenvalue weighted by Crippen LogP contribution is 2.67. The summed E-state index contributed by atoms with van der Waals surface area (Å²) in [6.07, 6.45) is 15.4. The fraction of sp³-hybridized carbons (Fsp3) is 0.913. The summed E-state index contributed by atoms with van der Waals surface area (Å²) in [7, 11) is 0. The van der Waals surface area contributed by atoms with Gasteiger partial charge in [0.1, 0.15) is 28.7 Å². The van der Waals surface area contributed by atoms with Crippen molar-refractivity contribution in [1.82, 2.24) is 10.6 Å². The second-order valence-corrected chi connectivity index (χ2v) is 22.0. The van der Waals surface area contributed by atoms with Crippen molar-refractivity contribution in [3.8, 4) is 0 Å². The Morgan fingerprint density at radius 3 is 1.43 bits per heavy atom. The highest BCUT2D eigenvalue weighted by Gasteiger charge is 2.66. The summed E-state index contributed by atoms with van der Waals surface area (Å²) >= 11 is 0. The van der Waals surface area contributed by atoms with Gasteiger partial charge in [0.2, 0.25) is 0 Å². The van der Waals surface area contributed by atoms with Crippen LogP contribution in [0.15, 0.2) is 10.3 Å². The lowest BCUT2D eigenvalue weighted by molar-refractivity contribution is -0.996. The average Bonchev–Trinajstić information content (AvgIpc) is 4.03. The first-order valence-corrected chi connectivity index (χ1v) is 23.6. The minimum atomic E-state index is -0.356. The third-order valence-corrected chi connectivity index (χ3v) is 19.5. The summed E-state index contributed by atoms with van der Waals surface area (Å²) in [6, 6.07) is 0. The molecule has 2 saturated heterocycles. The SMILES string of the molecule is C[C@]12CCC(=NO[C@@H]3CCNC3)CC1C(O[N+](=O)OC1C[C@@H]3[C@@H](CC[C@]4(C)C(=O)CC[C@@H]34)[C@@]3(C)CCC(=NO[C@@H]4CCNC4)CC13)C[C@@H]1[C@H]2CC[C@]2(C)C(=O)CC[C@@H]12. The lowest BCUT2D eigenvalue weighted by Gasteiger charge is -2.60. The number of fused-ring (bicyclic) bond motifs is 10. The Bertz CT molecular complexity index is 1590. The van der Waals surface area contributed by atoms with Gasteiger partial charge in [0.15, 0.2) is 12.2 Å². The molecule has 2 aliphatic heterocycles. The van der Waals surface area contributed by atoms with Gasteiger partial charge in [0.05, 0.1) is 11.4 Å². The van der Waals surface area contributed by atoms with Crippen molar-refractivity contribution in [2.75, 3.05) is 26.2 Å². The van der Waals surface area contributed by atoms with Crippen molar-refractivity contribution in [2.45, 2.75) is 168 Å². The summed E-state index contributed by atoms with van der Waals surface area (Å²) < 4.78 is 0. The van der Waals surface area contributed by atoms with Gasteiger partial charge in [0.25, 0.3) is 0 Å². The van der Waals surface area contributed by atoms with E-state index in [0.29, 0.717) is 65.0 Å². The first kappa shape index (κ1) is 39.5. The molecule has 2 N–H and O–H groups in total. The minimum Gasteiger partial charge on any atom is -0.391 e. The van der Waals surface area contributed by atoms with Gasteiger partial charge in [-0.05, 0) is 149 Å². The van der Waals surface area contributed by atoms with E-state index >= 15 is 0 Å². The van der Waals surface area contributed by atoms with Crippen molar-refractivity contribution >= 4 is 23.0 Å². The third-order valence-electron chi connectivity index (χ3n) is 19.5. The Labute approximate surface area is 344 Å². The Morgan fingerprint density at radius 2 is 1.02 bits per heavy atom. The van der Waals surface area contributed by atoms with Crippen LogP contribution >= 0.6 is 0 Å². The van der Waals surface area contributed by atoms with Crippen LogP contribution in [0.4, 0.5) is 0 Å². The van der Waals surface area contributed by atoms with E-state index in [2.05, 4.69) is 38.3 Å². The molecule has 16 atom stereocenters. The molecule has 58 heavy (non-hydrogen) atoms. The summed E-state index contributed by atoms with van der Waals surface area (Å²) in [4.78, 5) is 66.8. The third kappa shape index (κ3) is 6.40. The summed E-state index contributed by atoms with van der Waals surface area (Å²) in [5, 5.41) is 16.8. The van der Waals surface area contributed by atoms with E-state index in [9.17, 15) is 14.5 Å². The molecule has 12 heteroatoms. The molecule has 0 radical (unpaired) electrons. The maximum absolute atomic E-state index is 14.5. The number of nitrogens with one attached hydrogen (secondary N) is 2. The smallest absolute Gasteiger partial charge is 0.391 e. The maximum atomic E-state index is 14.5. The van der Waals surface area contributed by atoms with Gasteiger partial charge in [0, 0.05) is 61.4 Å². The molecular formula is C46H70N5O7+. The normalized spacial score (nSPS) is 51.0. The highest BCUT2D eigenvalue weighted by molar-refractivity contribution is 5.88. The van der Waals surface area contributed by atoms with Gasteiger partial charge in [-0.15, -0.1) is 0 Å². The van der Waals surface area contributed by atoms with Gasteiger partial charge in [-0.25, -0.2) is 0 Å². The molecule has 0 aromatic rings. The number of hydrogen-bond acceptors (Lipinski definition) is 11. The van der Waals surface area contributed by atoms with Crippen molar-refractivity contribution in [3.05, 3.63) is 4.91 Å². The Kier molecular flexibility index (Phi) is 10.1. The lowest BCUT2D eigenvalue weighted by atomic mass is 9.44. The number of carbonyl (C=O) groups excluding carboxylic acids is 2. The zero-order chi connectivity index (χ0) is 40.0. The average molecular weight is 805 g/mol. The first-order valence-electron chi connectivity index (χ1n) is 23.6. The van der Waals surface area contributed by atoms with Crippen molar-refractivity contribution in [3.63, 3.8) is 0 Å². The van der Waals surface area contributed by atoms with Crippen molar-refractivity contribution in [1.29, 1.82) is 0 Å². The van der Waals surface area contributed by atoms with Crippen LogP contribution in [0.3, 0.4) is 0 Å². The van der Waals surface area contributed by atoms with Crippen LogP contribution in [0.1, 0.15) is 143 Å². The largest absolute Gasteiger partial charge is 0.478 e. The number of rotatable bonds is 8. The number of nitrogens with zero attached hydrogens (tertiary/aromatic N) is 3. The zero-order valence-corrected chi connectivity index (χ0v) is 35.7. The van der Waals surface area contributed by atoms with E-state index in [1.54, 1.807) is 0 Å². The van der Waals surface area contributed by atoms with E-state index in [4.69, 9.17) is 29.7 Å². The fourth-order valence-electron chi connectivity index (χ4n) is 16.1. The van der Waals surface area contributed by atoms with Gasteiger partial charge in [-0.1, -0.05) is 38.0 Å². The molecule has 0 bridgehead atoms. The molecule has 12 nitrogen and oxygen atoms in total. The quantitative estimate of drug-likeness (QED) is 0.243. The van der Waals surface area contributed by atoms with Crippen LogP contribution in [0.2, 0.25) is 0 Å². The van der Waals surface area contributed by atoms with Crippen LogP contribution in [0.25, 0.3) is 0 Å². The monoisotopic (exact) mass is 805 g/mol. The van der Waals surface area contributed by atoms with Crippen LogP contribution in [-0.2, 0) is 28.9 Å². The van der Waals surface area contributed by atoms with E-state index in [0.717, 1.165) is 140 Å². The van der Waals surface area contributed by atoms with E-state index in [1.165, 1.54) is 0 Å². The second-order valence-electron chi connectivity index (χ2n) is 22.0. The Hall–Kier alpha value is -2.60. The molecule has 320 valence electrons. The highest BCUT2D eigenvalue weighted by atomic mass is 17.0. The number of carbonyl (C=O) groups is 2. The number of hydrogen-bond donors (Lipinski definition) is 2. The standard InChI is InChI=1S/C46H70N5O7/c1-43-15-9-27(49-55-29-13-19-47-25-29)21-37(43)39(23-31-33-5-7-41(52)45(33,3)17-11-35(31)43)57-51(54)58-40-24-32-34-6-8-42(53)46(34,4)18-12-36(32)44(2)16-10-28(22-38(40)44)50-56-30-14-20-48-26-30/h29-40,47-48H,5-26H2,1-4H3/q+1/t29-,30-,31+,32+,33+,34+,35-,36-,37?,38?,39?,40?,43-,44-,45+,46+/m1/s1. The molecule has 8 aliphatic carbocycles. The number of oxime groups is 2. The Balaban J connectivity index is 0.926. The topological polar surface area (TPSA) is 140 Å². The zero-order valence-electron chi connectivity index (χ0n) is 35.7. The molecule has 8 saturated carbocycles. The Morgan fingerprint density at radius 1 is 0.569 bits per heavy atom. The molecule has 10 rings (SSSR count). The molecule has 2 heterocycles. The van der Waals surface area contributed by atoms with Crippen LogP contribution in [0.5, 0.6) is 0 Å². The summed E-state index contributed by atoms with van der Waals surface area (Å²) in [5.41, 5.74) is 1.51. The molecule has 0 aromatic carbocycles. The van der Waals surface area contributed by atoms with Crippen molar-refractivity contribution in [2.24, 2.45) is 79.3 Å². The number of ketones is 2. The minimum absolute atomic E-state index is 0.0445. The maximum Gasteiger partial charge on any atom is 0.478 e. The summed E-state index contributed by atoms with van der Waals surface area (Å²) in [5.74, 6) is 3.30. The molecule has 0 amide bonds. The van der Waals surface area contributed by atoms with Gasteiger partial charge < -0.3 is 20.3 Å². The van der Waals surface area contributed by atoms with Crippen molar-refractivity contribution < 1.29 is 34.0 Å². The van der Waals surface area contributed by atoms with Crippen LogP contribution in [-0.4, -0.2) is 78.7 Å². The van der Waals surface area contributed by atoms with Gasteiger partial charge >= 0.3 is 5.09 Å². The van der Waals surface area contributed by atoms with Crippen LogP contribution in [0, 0.1) is 73.9 Å². The molecule has 10 fully saturated rings.